The summed E-state index contributed by atoms with van der Waals surface area (Å²) in [5.41, 5.74) is -0.308. The smallest absolute Gasteiger partial charge is 0.282 e. The second-order valence-corrected chi connectivity index (χ2v) is 6.05. The van der Waals surface area contributed by atoms with Gasteiger partial charge in [0, 0.05) is 36.2 Å². The first-order chi connectivity index (χ1) is 12.5. The molecule has 1 aliphatic rings. The number of methoxy groups -OCH3 is 1. The van der Waals surface area contributed by atoms with Crippen LogP contribution in [0.25, 0.3) is 0 Å². The zero-order valence-corrected chi connectivity index (χ0v) is 14.5. The summed E-state index contributed by atoms with van der Waals surface area (Å²) in [6, 6.07) is 7.17. The van der Waals surface area contributed by atoms with Crippen molar-refractivity contribution in [2.45, 2.75) is 12.5 Å². The average molecular weight is 379 g/mol. The van der Waals surface area contributed by atoms with Crippen molar-refractivity contribution >= 4 is 23.2 Å². The molecule has 0 N–H and O–H groups in total. The third-order valence-corrected chi connectivity index (χ3v) is 4.17. The minimum atomic E-state index is -0.597. The van der Waals surface area contributed by atoms with E-state index in [2.05, 4.69) is 10.2 Å². The van der Waals surface area contributed by atoms with Gasteiger partial charge in [0.05, 0.1) is 18.6 Å². The zero-order chi connectivity index (χ0) is 18.7. The summed E-state index contributed by atoms with van der Waals surface area (Å²) in [5, 5.41) is 19.1. The predicted molar refractivity (Wildman–Crippen MR) is 91.6 cm³/mol. The highest BCUT2D eigenvalue weighted by Gasteiger charge is 2.32. The quantitative estimate of drug-likeness (QED) is 0.580. The van der Waals surface area contributed by atoms with Crippen LogP contribution in [0.15, 0.2) is 30.3 Å². The van der Waals surface area contributed by atoms with Crippen molar-refractivity contribution in [3.05, 3.63) is 51.0 Å². The van der Waals surface area contributed by atoms with Crippen LogP contribution in [0.4, 0.5) is 5.69 Å². The Morgan fingerprint density at radius 3 is 2.69 bits per heavy atom. The Bertz CT molecular complexity index is 830. The molecule has 26 heavy (non-hydrogen) atoms. The van der Waals surface area contributed by atoms with Crippen molar-refractivity contribution in [2.24, 2.45) is 0 Å². The van der Waals surface area contributed by atoms with Crippen LogP contribution in [0.3, 0.4) is 0 Å². The van der Waals surface area contributed by atoms with Gasteiger partial charge in [-0.1, -0.05) is 11.6 Å². The first-order valence-corrected chi connectivity index (χ1v) is 8.13. The van der Waals surface area contributed by atoms with E-state index in [1.165, 1.54) is 30.2 Å². The molecule has 1 aliphatic heterocycles. The number of carbonyl (C=O) groups excluding carboxylic acids is 1. The molecule has 2 aromatic rings. The highest BCUT2D eigenvalue weighted by Crippen LogP contribution is 2.26. The molecule has 1 fully saturated rings. The van der Waals surface area contributed by atoms with Crippen molar-refractivity contribution in [1.29, 1.82) is 0 Å². The number of benzene rings is 1. The summed E-state index contributed by atoms with van der Waals surface area (Å²) in [7, 11) is 1.49. The van der Waals surface area contributed by atoms with Crippen LogP contribution in [-0.2, 0) is 0 Å². The maximum Gasteiger partial charge on any atom is 0.282 e. The number of aromatic nitrogens is 2. The fourth-order valence-corrected chi connectivity index (χ4v) is 2.84. The SMILES string of the molecule is COc1ccc(OC2CCN(C(=O)c3cc(Cl)ccc3[N+](=O)[O-])C2)nn1. The van der Waals surface area contributed by atoms with E-state index in [1.807, 2.05) is 0 Å². The van der Waals surface area contributed by atoms with Gasteiger partial charge in [0.15, 0.2) is 0 Å². The topological polar surface area (TPSA) is 108 Å². The van der Waals surface area contributed by atoms with Crippen LogP contribution in [0.1, 0.15) is 16.8 Å². The normalized spacial score (nSPS) is 16.4. The Hall–Kier alpha value is -2.94. The number of halogens is 1. The van der Waals surface area contributed by atoms with Crippen LogP contribution in [0.5, 0.6) is 11.8 Å². The minimum Gasteiger partial charge on any atom is -0.480 e. The lowest BCUT2D eigenvalue weighted by molar-refractivity contribution is -0.385. The van der Waals surface area contributed by atoms with Gasteiger partial charge in [-0.25, -0.2) is 0 Å². The molecule has 1 aromatic heterocycles. The van der Waals surface area contributed by atoms with E-state index in [0.29, 0.717) is 24.7 Å². The molecule has 0 bridgehead atoms. The number of likely N-dealkylation sites (tertiary alicyclic amines) is 1. The number of ether oxygens (including phenoxy) is 2. The molecule has 1 aromatic carbocycles. The van der Waals surface area contributed by atoms with Gasteiger partial charge >= 0.3 is 0 Å². The van der Waals surface area contributed by atoms with Crippen LogP contribution >= 0.6 is 11.6 Å². The zero-order valence-electron chi connectivity index (χ0n) is 13.8. The van der Waals surface area contributed by atoms with E-state index in [0.717, 1.165) is 0 Å². The highest BCUT2D eigenvalue weighted by molar-refractivity contribution is 6.31. The van der Waals surface area contributed by atoms with Gasteiger partial charge < -0.3 is 14.4 Å². The molecule has 0 spiro atoms. The predicted octanol–water partition coefficient (Wildman–Crippen LogP) is 2.34. The van der Waals surface area contributed by atoms with Gasteiger partial charge in [0.2, 0.25) is 11.8 Å². The van der Waals surface area contributed by atoms with Crippen molar-refractivity contribution in [2.75, 3.05) is 20.2 Å². The van der Waals surface area contributed by atoms with Gasteiger partial charge in [-0.15, -0.1) is 10.2 Å². The number of hydrogen-bond acceptors (Lipinski definition) is 7. The lowest BCUT2D eigenvalue weighted by Gasteiger charge is -2.17. The summed E-state index contributed by atoms with van der Waals surface area (Å²) in [6.45, 7) is 0.701. The maximum absolute atomic E-state index is 12.7. The monoisotopic (exact) mass is 378 g/mol. The summed E-state index contributed by atoms with van der Waals surface area (Å²) in [4.78, 5) is 24.7. The summed E-state index contributed by atoms with van der Waals surface area (Å²) in [6.07, 6.45) is 0.299. The Balaban J connectivity index is 1.69. The number of carbonyl (C=O) groups is 1. The lowest BCUT2D eigenvalue weighted by Crippen LogP contribution is -2.31. The van der Waals surface area contributed by atoms with Gasteiger partial charge in [-0.2, -0.15) is 0 Å². The van der Waals surface area contributed by atoms with Crippen molar-refractivity contribution in [1.82, 2.24) is 15.1 Å². The highest BCUT2D eigenvalue weighted by atomic mass is 35.5. The van der Waals surface area contributed by atoms with Crippen molar-refractivity contribution in [3.8, 4) is 11.8 Å². The number of nitro benzene ring substituents is 1. The van der Waals surface area contributed by atoms with E-state index in [-0.39, 0.29) is 28.9 Å². The summed E-state index contributed by atoms with van der Waals surface area (Å²) < 4.78 is 10.6. The molecular weight excluding hydrogens is 364 g/mol. The molecule has 1 amide bonds. The molecule has 0 saturated carbocycles. The molecule has 2 heterocycles. The van der Waals surface area contributed by atoms with Crippen LogP contribution in [0, 0.1) is 10.1 Å². The first-order valence-electron chi connectivity index (χ1n) is 7.75. The molecule has 3 rings (SSSR count). The third-order valence-electron chi connectivity index (χ3n) is 3.93. The third kappa shape index (κ3) is 3.83. The number of amides is 1. The first kappa shape index (κ1) is 17.9. The number of nitrogens with zero attached hydrogens (tertiary/aromatic N) is 4. The fourth-order valence-electron chi connectivity index (χ4n) is 2.67. The summed E-state index contributed by atoms with van der Waals surface area (Å²) in [5.74, 6) is 0.235. The second kappa shape index (κ2) is 7.52. The van der Waals surface area contributed by atoms with E-state index in [9.17, 15) is 14.9 Å². The molecule has 9 nitrogen and oxygen atoms in total. The van der Waals surface area contributed by atoms with Gasteiger partial charge in [0.1, 0.15) is 11.7 Å². The maximum atomic E-state index is 12.7. The molecule has 1 unspecified atom stereocenters. The molecule has 0 aliphatic carbocycles. The van der Waals surface area contributed by atoms with Gasteiger partial charge in [-0.3, -0.25) is 14.9 Å². The number of nitro groups is 1. The van der Waals surface area contributed by atoms with Crippen molar-refractivity contribution in [3.63, 3.8) is 0 Å². The largest absolute Gasteiger partial charge is 0.480 e. The van der Waals surface area contributed by atoms with E-state index in [1.54, 1.807) is 12.1 Å². The number of hydrogen-bond donors (Lipinski definition) is 0. The Morgan fingerprint density at radius 2 is 2.04 bits per heavy atom. The summed E-state index contributed by atoms with van der Waals surface area (Å²) >= 11 is 5.89. The van der Waals surface area contributed by atoms with Crippen LogP contribution in [-0.4, -0.2) is 52.2 Å². The molecular formula is C16H15ClN4O5. The Morgan fingerprint density at radius 1 is 1.31 bits per heavy atom. The van der Waals surface area contributed by atoms with Crippen LogP contribution < -0.4 is 9.47 Å². The van der Waals surface area contributed by atoms with Gasteiger partial charge in [-0.05, 0) is 12.1 Å². The standard InChI is InChI=1S/C16H15ClN4O5/c1-25-14-4-5-15(19-18-14)26-11-6-7-20(9-11)16(22)12-8-10(17)2-3-13(12)21(23)24/h2-5,8,11H,6-7,9H2,1H3. The Kier molecular flexibility index (Phi) is 5.17. The number of rotatable bonds is 5. The molecule has 136 valence electrons. The molecule has 1 saturated heterocycles. The molecule has 1 atom stereocenters. The lowest BCUT2D eigenvalue weighted by atomic mass is 10.1. The Labute approximate surface area is 153 Å². The van der Waals surface area contributed by atoms with E-state index in [4.69, 9.17) is 21.1 Å². The molecule has 10 heteroatoms. The minimum absolute atomic E-state index is 0.0348. The van der Waals surface area contributed by atoms with Crippen LogP contribution in [0.2, 0.25) is 5.02 Å². The van der Waals surface area contributed by atoms with E-state index < -0.39 is 10.8 Å². The molecule has 0 radical (unpaired) electrons. The van der Waals surface area contributed by atoms with E-state index >= 15 is 0 Å². The fraction of sp³-hybridized carbons (Fsp3) is 0.312. The van der Waals surface area contributed by atoms with Crippen molar-refractivity contribution < 1.29 is 19.2 Å². The average Bonchev–Trinajstić information content (AvgIpc) is 3.10. The van der Waals surface area contributed by atoms with Gasteiger partial charge in [0.25, 0.3) is 11.6 Å². The second-order valence-electron chi connectivity index (χ2n) is 5.61.